The molecule has 242 valence electrons. The number of hydrogen-bond donors (Lipinski definition) is 3. The Bertz CT molecular complexity index is 1430. The van der Waals surface area contributed by atoms with E-state index in [2.05, 4.69) is 14.8 Å². The Morgan fingerprint density at radius 1 is 1.07 bits per heavy atom. The first-order valence-electron chi connectivity index (χ1n) is 14.9. The number of amides is 3. The molecule has 44 heavy (non-hydrogen) atoms. The molecule has 1 aliphatic carbocycles. The molecule has 11 nitrogen and oxygen atoms in total. The summed E-state index contributed by atoms with van der Waals surface area (Å²) in [6, 6.07) is 2.55. The molecule has 2 heterocycles. The van der Waals surface area contributed by atoms with Crippen molar-refractivity contribution < 1.29 is 32.3 Å². The third kappa shape index (κ3) is 8.66. The van der Waals surface area contributed by atoms with Crippen molar-refractivity contribution in [3.63, 3.8) is 0 Å². The SMILES string of the molecule is CC(C)(C)OC(=O)N[C@H]1CCCCC/C=C\[C@@H]2C[C@@]2(C(=O)NS(=O)(=O)Nc2ccc(Cl)cc2Cl)CC(=O)[C@@H]2CCCN2C1=O. The number of carbonyl (C=O) groups excluding carboxylic acids is 4. The van der Waals surface area contributed by atoms with E-state index in [9.17, 15) is 27.6 Å². The van der Waals surface area contributed by atoms with Gasteiger partial charge in [0, 0.05) is 18.0 Å². The van der Waals surface area contributed by atoms with Gasteiger partial charge in [-0.15, -0.1) is 0 Å². The van der Waals surface area contributed by atoms with E-state index in [4.69, 9.17) is 27.9 Å². The fourth-order valence-electron chi connectivity index (χ4n) is 5.85. The highest BCUT2D eigenvalue weighted by atomic mass is 35.5. The van der Waals surface area contributed by atoms with Crippen LogP contribution in [0.3, 0.4) is 0 Å². The first-order valence-corrected chi connectivity index (χ1v) is 17.1. The van der Waals surface area contributed by atoms with Crippen LogP contribution in [-0.4, -0.2) is 61.2 Å². The minimum absolute atomic E-state index is 0.0360. The van der Waals surface area contributed by atoms with Gasteiger partial charge in [-0.3, -0.25) is 19.1 Å². The maximum absolute atomic E-state index is 13.8. The Morgan fingerprint density at radius 3 is 2.52 bits per heavy atom. The maximum Gasteiger partial charge on any atom is 0.408 e. The fraction of sp³-hybridized carbons (Fsp3) is 0.600. The standard InChI is InChI=1S/C30H40Cl2N4O7S/c1-29(2,3)43-28(40)33-23-11-8-6-4-5-7-10-19-17-30(19,18-25(37)24-12-9-15-36(24)26(23)38)27(39)35-44(41,42)34-22-14-13-20(31)16-21(22)32/h7,10,13-14,16,19,23-24,34H,4-6,8-9,11-12,15,17-18H2,1-3H3,(H,33,40)(H,35,39)/b10-7-/t19-,23+,24+,30-/m1/s1. The van der Waals surface area contributed by atoms with Crippen molar-refractivity contribution in [2.75, 3.05) is 11.3 Å². The molecule has 0 bridgehead atoms. The van der Waals surface area contributed by atoms with E-state index < -0.39 is 45.3 Å². The zero-order valence-corrected chi connectivity index (χ0v) is 27.5. The number of rotatable bonds is 5. The van der Waals surface area contributed by atoms with Gasteiger partial charge < -0.3 is 15.0 Å². The molecule has 0 unspecified atom stereocenters. The minimum Gasteiger partial charge on any atom is -0.444 e. The zero-order chi connectivity index (χ0) is 32.3. The summed E-state index contributed by atoms with van der Waals surface area (Å²) in [5.41, 5.74) is -1.99. The van der Waals surface area contributed by atoms with Gasteiger partial charge in [0.25, 0.3) is 0 Å². The number of benzene rings is 1. The molecule has 0 spiro atoms. The van der Waals surface area contributed by atoms with Crippen molar-refractivity contribution >= 4 is 62.8 Å². The predicted octanol–water partition coefficient (Wildman–Crippen LogP) is 5.14. The highest BCUT2D eigenvalue weighted by molar-refractivity contribution is 7.91. The molecule has 3 aliphatic rings. The lowest BCUT2D eigenvalue weighted by molar-refractivity contribution is -0.140. The van der Waals surface area contributed by atoms with Gasteiger partial charge >= 0.3 is 16.3 Å². The highest BCUT2D eigenvalue weighted by Gasteiger charge is 2.61. The molecule has 1 aromatic carbocycles. The lowest BCUT2D eigenvalue weighted by Gasteiger charge is -2.30. The summed E-state index contributed by atoms with van der Waals surface area (Å²) in [6.45, 7) is 5.54. The van der Waals surface area contributed by atoms with Crippen molar-refractivity contribution in [2.45, 2.75) is 96.2 Å². The van der Waals surface area contributed by atoms with Crippen LogP contribution in [0.2, 0.25) is 10.0 Å². The van der Waals surface area contributed by atoms with Crippen LogP contribution < -0.4 is 14.8 Å². The molecule has 1 saturated heterocycles. The lowest BCUT2D eigenvalue weighted by Crippen LogP contribution is -2.53. The number of fused-ring (bicyclic) bond motifs is 2. The first kappa shape index (κ1) is 34.1. The molecular weight excluding hydrogens is 631 g/mol. The number of allylic oxidation sites excluding steroid dienone is 2. The molecule has 3 N–H and O–H groups in total. The molecule has 3 amide bonds. The molecule has 1 saturated carbocycles. The van der Waals surface area contributed by atoms with Crippen LogP contribution in [0, 0.1) is 11.3 Å². The average molecular weight is 672 g/mol. The second-order valence-corrected chi connectivity index (χ2v) is 15.0. The van der Waals surface area contributed by atoms with E-state index >= 15 is 0 Å². The number of hydrogen-bond acceptors (Lipinski definition) is 7. The molecule has 2 aliphatic heterocycles. The van der Waals surface area contributed by atoms with Gasteiger partial charge in [-0.1, -0.05) is 48.2 Å². The number of anilines is 1. The van der Waals surface area contributed by atoms with Gasteiger partial charge in [-0.25, -0.2) is 9.52 Å². The molecule has 4 rings (SSSR count). The van der Waals surface area contributed by atoms with Crippen LogP contribution in [0.4, 0.5) is 10.5 Å². The molecule has 0 radical (unpaired) electrons. The summed E-state index contributed by atoms with van der Waals surface area (Å²) in [5, 5.41) is 3.07. The second kappa shape index (κ2) is 13.7. The highest BCUT2D eigenvalue weighted by Crippen LogP contribution is 2.57. The second-order valence-electron chi connectivity index (χ2n) is 12.7. The molecule has 2 fully saturated rings. The summed E-state index contributed by atoms with van der Waals surface area (Å²) >= 11 is 12.0. The van der Waals surface area contributed by atoms with Crippen LogP contribution in [0.1, 0.15) is 78.6 Å². The lowest BCUT2D eigenvalue weighted by atomic mass is 9.91. The van der Waals surface area contributed by atoms with Crippen LogP contribution in [0.15, 0.2) is 30.4 Å². The van der Waals surface area contributed by atoms with E-state index in [0.29, 0.717) is 50.1 Å². The quantitative estimate of drug-likeness (QED) is 0.367. The summed E-state index contributed by atoms with van der Waals surface area (Å²) in [6.07, 6.45) is 7.62. The van der Waals surface area contributed by atoms with Gasteiger partial charge in [0.05, 0.1) is 22.2 Å². The van der Waals surface area contributed by atoms with Crippen LogP contribution in [-0.2, 0) is 29.3 Å². The Morgan fingerprint density at radius 2 is 1.82 bits per heavy atom. The molecule has 1 aromatic rings. The van der Waals surface area contributed by atoms with Crippen molar-refractivity contribution in [1.82, 2.24) is 14.9 Å². The summed E-state index contributed by atoms with van der Waals surface area (Å²) in [4.78, 5) is 55.2. The number of nitrogens with one attached hydrogen (secondary N) is 3. The maximum atomic E-state index is 13.8. The van der Waals surface area contributed by atoms with Crippen molar-refractivity contribution in [1.29, 1.82) is 0 Å². The van der Waals surface area contributed by atoms with Crippen molar-refractivity contribution in [2.24, 2.45) is 11.3 Å². The smallest absolute Gasteiger partial charge is 0.408 e. The molecule has 14 heteroatoms. The van der Waals surface area contributed by atoms with Gasteiger partial charge in [0.15, 0.2) is 5.78 Å². The number of alkyl carbamates (subject to hydrolysis) is 1. The Labute approximate surface area is 268 Å². The number of ether oxygens (including phenoxy) is 1. The van der Waals surface area contributed by atoms with E-state index in [1.54, 1.807) is 20.8 Å². The van der Waals surface area contributed by atoms with E-state index in [-0.39, 0.29) is 34.7 Å². The average Bonchev–Trinajstić information content (AvgIpc) is 3.37. The molecular formula is C30H40Cl2N4O7S. The van der Waals surface area contributed by atoms with E-state index in [0.717, 1.165) is 12.8 Å². The van der Waals surface area contributed by atoms with Crippen LogP contribution in [0.5, 0.6) is 0 Å². The zero-order valence-electron chi connectivity index (χ0n) is 25.2. The predicted molar refractivity (Wildman–Crippen MR) is 167 cm³/mol. The number of nitrogens with zero attached hydrogens (tertiary/aromatic N) is 1. The van der Waals surface area contributed by atoms with Gasteiger partial charge in [-0.2, -0.15) is 8.42 Å². The third-order valence-corrected chi connectivity index (χ3v) is 9.60. The fourth-order valence-corrected chi connectivity index (χ4v) is 7.32. The van der Waals surface area contributed by atoms with Crippen molar-refractivity contribution in [3.05, 3.63) is 40.4 Å². The van der Waals surface area contributed by atoms with Gasteiger partial charge in [0.1, 0.15) is 11.6 Å². The Hall–Kier alpha value is -2.83. The summed E-state index contributed by atoms with van der Waals surface area (Å²) in [7, 11) is -4.40. The summed E-state index contributed by atoms with van der Waals surface area (Å²) < 4.78 is 35.6. The Balaban J connectivity index is 1.54. The number of halogens is 2. The molecule has 0 aromatic heterocycles. The monoisotopic (exact) mass is 670 g/mol. The van der Waals surface area contributed by atoms with Gasteiger partial charge in [-0.05, 0) is 83.4 Å². The van der Waals surface area contributed by atoms with Crippen molar-refractivity contribution in [3.8, 4) is 0 Å². The molecule has 4 atom stereocenters. The Kier molecular flexibility index (Phi) is 10.6. The van der Waals surface area contributed by atoms with E-state index in [1.807, 2.05) is 12.2 Å². The van der Waals surface area contributed by atoms with E-state index in [1.165, 1.54) is 23.1 Å². The number of carbonyl (C=O) groups is 4. The number of ketones is 1. The first-order chi connectivity index (χ1) is 20.6. The van der Waals surface area contributed by atoms with Gasteiger partial charge in [0.2, 0.25) is 11.8 Å². The third-order valence-electron chi connectivity index (χ3n) is 8.11. The van der Waals surface area contributed by atoms with Crippen LogP contribution >= 0.6 is 23.2 Å². The largest absolute Gasteiger partial charge is 0.444 e. The summed E-state index contributed by atoms with van der Waals surface area (Å²) in [5.74, 6) is -1.82. The normalized spacial score (nSPS) is 27.2. The topological polar surface area (TPSA) is 151 Å². The number of Topliss-reactive ketones (excluding diaryl/α,β-unsaturated/α-hetero) is 1. The van der Waals surface area contributed by atoms with Crippen LogP contribution in [0.25, 0.3) is 0 Å². The minimum atomic E-state index is -4.40.